The fraction of sp³-hybridized carbons (Fsp3) is 0.200. The van der Waals surface area contributed by atoms with Crippen LogP contribution in [0.15, 0.2) is 17.0 Å². The number of hydrogen-bond donors (Lipinski definition) is 2. The lowest BCUT2D eigenvalue weighted by Crippen LogP contribution is -2.19. The van der Waals surface area contributed by atoms with Gasteiger partial charge in [-0.05, 0) is 6.26 Å². The summed E-state index contributed by atoms with van der Waals surface area (Å²) >= 11 is 1.46. The number of aliphatic hydroxyl groups is 1. The number of thioether (sulfide) groups is 1. The Labute approximate surface area is 57.9 Å². The van der Waals surface area contributed by atoms with Crippen molar-refractivity contribution < 1.29 is 5.11 Å². The summed E-state index contributed by atoms with van der Waals surface area (Å²) in [4.78, 5) is 3.75. The second-order valence-electron chi connectivity index (χ2n) is 1.46. The highest BCUT2D eigenvalue weighted by molar-refractivity contribution is 8.13. The molecular formula is C5H7N2OS. The van der Waals surface area contributed by atoms with Crippen molar-refractivity contribution in [2.24, 2.45) is 4.99 Å². The van der Waals surface area contributed by atoms with Crippen LogP contribution < -0.4 is 5.32 Å². The van der Waals surface area contributed by atoms with Crippen molar-refractivity contribution in [3.63, 3.8) is 0 Å². The highest BCUT2D eigenvalue weighted by Gasteiger charge is 2.01. The standard InChI is InChI=1S/C5H7N2OS/c1-9-5-6-3-2-4(8)7-5/h2-3,8H,1H3,(H,6,7). The molecule has 0 saturated heterocycles. The van der Waals surface area contributed by atoms with Crippen LogP contribution in [0.4, 0.5) is 0 Å². The van der Waals surface area contributed by atoms with Gasteiger partial charge < -0.3 is 10.4 Å². The van der Waals surface area contributed by atoms with Gasteiger partial charge in [0.25, 0.3) is 0 Å². The molecule has 0 saturated carbocycles. The van der Waals surface area contributed by atoms with Crippen LogP contribution in [0.3, 0.4) is 0 Å². The molecule has 0 amide bonds. The van der Waals surface area contributed by atoms with Gasteiger partial charge in [-0.15, -0.1) is 0 Å². The molecule has 0 spiro atoms. The van der Waals surface area contributed by atoms with E-state index in [-0.39, 0.29) is 5.88 Å². The Hall–Kier alpha value is -0.640. The summed E-state index contributed by atoms with van der Waals surface area (Å²) in [5.41, 5.74) is 0. The van der Waals surface area contributed by atoms with Gasteiger partial charge in [0.2, 0.25) is 5.88 Å². The van der Waals surface area contributed by atoms with Gasteiger partial charge in [0.1, 0.15) is 0 Å². The van der Waals surface area contributed by atoms with Crippen molar-refractivity contribution in [2.75, 3.05) is 6.26 Å². The first-order valence-corrected chi connectivity index (χ1v) is 3.67. The molecule has 1 radical (unpaired) electrons. The normalized spacial score (nSPS) is 17.9. The van der Waals surface area contributed by atoms with Gasteiger partial charge in [-0.25, -0.2) is 0 Å². The van der Waals surface area contributed by atoms with Gasteiger partial charge in [0.05, 0.1) is 6.54 Å². The Kier molecular flexibility index (Phi) is 2.00. The van der Waals surface area contributed by atoms with Crippen LogP contribution >= 0.6 is 11.8 Å². The van der Waals surface area contributed by atoms with Crippen LogP contribution in [0.25, 0.3) is 0 Å². The fourth-order valence-corrected chi connectivity index (χ4v) is 0.836. The summed E-state index contributed by atoms with van der Waals surface area (Å²) in [5, 5.41) is 12.4. The molecule has 1 rings (SSSR count). The van der Waals surface area contributed by atoms with Gasteiger partial charge in [0, 0.05) is 6.08 Å². The predicted octanol–water partition coefficient (Wildman–Crippen LogP) is 0.870. The lowest BCUT2D eigenvalue weighted by molar-refractivity contribution is 0.404. The molecule has 1 aliphatic heterocycles. The molecule has 0 aromatic carbocycles. The Morgan fingerprint density at radius 2 is 2.56 bits per heavy atom. The predicted molar refractivity (Wildman–Crippen MR) is 39.1 cm³/mol. The summed E-state index contributed by atoms with van der Waals surface area (Å²) in [7, 11) is 0. The maximum Gasteiger partial charge on any atom is 0.211 e. The minimum Gasteiger partial charge on any atom is -0.493 e. The van der Waals surface area contributed by atoms with Crippen molar-refractivity contribution in [2.45, 2.75) is 0 Å². The molecule has 0 bridgehead atoms. The van der Waals surface area contributed by atoms with Crippen LogP contribution in [-0.4, -0.2) is 16.5 Å². The van der Waals surface area contributed by atoms with E-state index in [9.17, 15) is 0 Å². The highest BCUT2D eigenvalue weighted by atomic mass is 32.2. The zero-order valence-corrected chi connectivity index (χ0v) is 5.77. The SMILES string of the molecule is CSC1=NC(O)=C[CH]N1. The van der Waals surface area contributed by atoms with E-state index in [0.29, 0.717) is 0 Å². The van der Waals surface area contributed by atoms with Gasteiger partial charge in [-0.2, -0.15) is 4.99 Å². The number of amidine groups is 1. The van der Waals surface area contributed by atoms with Crippen molar-refractivity contribution in [1.29, 1.82) is 0 Å². The Morgan fingerprint density at radius 3 is 3.00 bits per heavy atom. The van der Waals surface area contributed by atoms with Crippen molar-refractivity contribution in [1.82, 2.24) is 5.32 Å². The third-order valence-electron chi connectivity index (χ3n) is 0.849. The van der Waals surface area contributed by atoms with Crippen LogP contribution in [0.2, 0.25) is 0 Å². The van der Waals surface area contributed by atoms with E-state index in [0.717, 1.165) is 5.17 Å². The second kappa shape index (κ2) is 2.77. The molecule has 0 aliphatic carbocycles. The molecule has 0 fully saturated rings. The quantitative estimate of drug-likeness (QED) is 0.529. The minimum absolute atomic E-state index is 0.0538. The Bertz CT molecular complexity index is 164. The van der Waals surface area contributed by atoms with E-state index in [4.69, 9.17) is 5.11 Å². The molecule has 0 unspecified atom stereocenters. The summed E-state index contributed by atoms with van der Waals surface area (Å²) < 4.78 is 0. The Balaban J connectivity index is 2.63. The topological polar surface area (TPSA) is 44.6 Å². The number of aliphatic imine (C=N–C) groups is 1. The van der Waals surface area contributed by atoms with Crippen molar-refractivity contribution in [3.8, 4) is 0 Å². The number of hydrogen-bond acceptors (Lipinski definition) is 4. The average Bonchev–Trinajstić information content (AvgIpc) is 1.88. The van der Waals surface area contributed by atoms with Crippen LogP contribution in [0, 0.1) is 6.54 Å². The number of aliphatic hydroxyl groups excluding tert-OH is 1. The third-order valence-corrected chi connectivity index (χ3v) is 1.44. The number of nitrogens with one attached hydrogen (secondary N) is 1. The van der Waals surface area contributed by atoms with Crippen molar-refractivity contribution >= 4 is 16.9 Å². The average molecular weight is 143 g/mol. The van der Waals surface area contributed by atoms with E-state index >= 15 is 0 Å². The summed E-state index contributed by atoms with van der Waals surface area (Å²) in [6, 6.07) is 0. The molecule has 1 heterocycles. The van der Waals surface area contributed by atoms with Crippen LogP contribution in [0.5, 0.6) is 0 Å². The molecule has 0 aromatic rings. The number of rotatable bonds is 0. The third kappa shape index (κ3) is 1.64. The molecule has 0 aromatic heterocycles. The van der Waals surface area contributed by atoms with E-state index < -0.39 is 0 Å². The molecule has 2 N–H and O–H groups in total. The van der Waals surface area contributed by atoms with Crippen LogP contribution in [-0.2, 0) is 0 Å². The molecule has 0 atom stereocenters. The highest BCUT2D eigenvalue weighted by Crippen LogP contribution is 2.04. The largest absolute Gasteiger partial charge is 0.493 e. The number of nitrogens with zero attached hydrogens (tertiary/aromatic N) is 1. The first kappa shape index (κ1) is 6.48. The van der Waals surface area contributed by atoms with Gasteiger partial charge in [-0.3, -0.25) is 0 Å². The van der Waals surface area contributed by atoms with Gasteiger partial charge in [-0.1, -0.05) is 11.8 Å². The molecule has 3 nitrogen and oxygen atoms in total. The molecule has 9 heavy (non-hydrogen) atoms. The smallest absolute Gasteiger partial charge is 0.211 e. The van der Waals surface area contributed by atoms with Gasteiger partial charge >= 0.3 is 0 Å². The minimum atomic E-state index is 0.0538. The zero-order valence-electron chi connectivity index (χ0n) is 4.96. The van der Waals surface area contributed by atoms with E-state index in [1.54, 1.807) is 6.54 Å². The van der Waals surface area contributed by atoms with E-state index in [1.807, 2.05) is 6.26 Å². The monoisotopic (exact) mass is 143 g/mol. The molecule has 4 heteroatoms. The van der Waals surface area contributed by atoms with Crippen LogP contribution in [0.1, 0.15) is 0 Å². The lowest BCUT2D eigenvalue weighted by atomic mass is 10.5. The van der Waals surface area contributed by atoms with Crippen molar-refractivity contribution in [3.05, 3.63) is 18.5 Å². The summed E-state index contributed by atoms with van der Waals surface area (Å²) in [6.45, 7) is 1.65. The molecular weight excluding hydrogens is 136 g/mol. The maximum atomic E-state index is 8.80. The van der Waals surface area contributed by atoms with Gasteiger partial charge in [0.15, 0.2) is 5.17 Å². The summed E-state index contributed by atoms with van der Waals surface area (Å²) in [6.07, 6.45) is 3.39. The second-order valence-corrected chi connectivity index (χ2v) is 2.25. The fourth-order valence-electron chi connectivity index (χ4n) is 0.466. The molecule has 49 valence electrons. The van der Waals surface area contributed by atoms with E-state index in [2.05, 4.69) is 10.3 Å². The summed E-state index contributed by atoms with van der Waals surface area (Å²) in [5.74, 6) is 0.0538. The maximum absolute atomic E-state index is 8.80. The molecule has 1 aliphatic rings. The Morgan fingerprint density at radius 1 is 1.78 bits per heavy atom. The first-order chi connectivity index (χ1) is 4.33. The zero-order chi connectivity index (χ0) is 6.69. The first-order valence-electron chi connectivity index (χ1n) is 2.44. The van der Waals surface area contributed by atoms with E-state index in [1.165, 1.54) is 17.8 Å². The lowest BCUT2D eigenvalue weighted by Gasteiger charge is -2.07.